The molecule has 8 aromatic carbocycles. The van der Waals surface area contributed by atoms with Gasteiger partial charge in [0.15, 0.2) is 5.82 Å². The first-order chi connectivity index (χ1) is 24.8. The molecule has 0 amide bonds. The molecular formula is C46H27N3S. The Morgan fingerprint density at radius 2 is 1.12 bits per heavy atom. The van der Waals surface area contributed by atoms with Gasteiger partial charge in [-0.15, -0.1) is 11.3 Å². The van der Waals surface area contributed by atoms with E-state index in [1.165, 1.54) is 63.5 Å². The van der Waals surface area contributed by atoms with Gasteiger partial charge in [-0.25, -0.2) is 9.97 Å². The molecule has 4 heteroatoms. The summed E-state index contributed by atoms with van der Waals surface area (Å²) in [6, 6.07) is 58.7. The highest BCUT2D eigenvalue weighted by Crippen LogP contribution is 2.48. The molecule has 11 rings (SSSR count). The zero-order valence-electron chi connectivity index (χ0n) is 26.8. The van der Waals surface area contributed by atoms with Gasteiger partial charge in [-0.1, -0.05) is 115 Å². The number of para-hydroxylation sites is 2. The molecular weight excluding hydrogens is 627 g/mol. The SMILES string of the molecule is c1ccc2cc(-c3nc(-c4ccc(-n5c6ccccc6c6c7sc8ccccc8c7c7ccccc7c65)cc4)nc4ccccc34)ccc2c1. The molecule has 0 spiro atoms. The van der Waals surface area contributed by atoms with Gasteiger partial charge >= 0.3 is 0 Å². The van der Waals surface area contributed by atoms with Crippen LogP contribution in [-0.2, 0) is 0 Å². The summed E-state index contributed by atoms with van der Waals surface area (Å²) in [6.45, 7) is 0. The van der Waals surface area contributed by atoms with Crippen LogP contribution in [0.4, 0.5) is 0 Å². The number of aromatic nitrogens is 3. The average molecular weight is 654 g/mol. The Balaban J connectivity index is 1.13. The maximum Gasteiger partial charge on any atom is 0.160 e. The summed E-state index contributed by atoms with van der Waals surface area (Å²) < 4.78 is 5.11. The Hall–Kier alpha value is -6.36. The molecule has 0 N–H and O–H groups in total. The molecule has 3 aromatic heterocycles. The van der Waals surface area contributed by atoms with E-state index in [2.05, 4.69) is 162 Å². The molecule has 50 heavy (non-hydrogen) atoms. The van der Waals surface area contributed by atoms with E-state index in [0.717, 1.165) is 39.2 Å². The predicted molar refractivity (Wildman–Crippen MR) is 213 cm³/mol. The van der Waals surface area contributed by atoms with Crippen molar-refractivity contribution in [3.8, 4) is 28.3 Å². The van der Waals surface area contributed by atoms with Gasteiger partial charge in [0.25, 0.3) is 0 Å². The highest BCUT2D eigenvalue weighted by atomic mass is 32.1. The topological polar surface area (TPSA) is 30.7 Å². The summed E-state index contributed by atoms with van der Waals surface area (Å²) in [7, 11) is 0. The second kappa shape index (κ2) is 10.6. The lowest BCUT2D eigenvalue weighted by molar-refractivity contribution is 1.18. The van der Waals surface area contributed by atoms with Crippen molar-refractivity contribution in [2.75, 3.05) is 0 Å². The normalized spacial score (nSPS) is 12.0. The lowest BCUT2D eigenvalue weighted by atomic mass is 10.00. The monoisotopic (exact) mass is 653 g/mol. The van der Waals surface area contributed by atoms with Gasteiger partial charge in [0, 0.05) is 58.5 Å². The molecule has 11 aromatic rings. The van der Waals surface area contributed by atoms with Crippen molar-refractivity contribution in [1.82, 2.24) is 14.5 Å². The molecule has 0 saturated carbocycles. The predicted octanol–water partition coefficient (Wildman–Crippen LogP) is 12.7. The summed E-state index contributed by atoms with van der Waals surface area (Å²) in [5.41, 5.74) is 7.51. The Bertz CT molecular complexity index is 3150. The third-order valence-corrected chi connectivity index (χ3v) is 11.3. The van der Waals surface area contributed by atoms with Crippen molar-refractivity contribution < 1.29 is 0 Å². The summed E-state index contributed by atoms with van der Waals surface area (Å²) in [5, 5.41) is 11.3. The Morgan fingerprint density at radius 1 is 0.460 bits per heavy atom. The lowest BCUT2D eigenvalue weighted by Crippen LogP contribution is -1.97. The van der Waals surface area contributed by atoms with Crippen LogP contribution >= 0.6 is 11.3 Å². The van der Waals surface area contributed by atoms with E-state index in [1.54, 1.807) is 0 Å². The standard InChI is InChI=1S/C46H27N3S/c1-2-12-30-27-31(22-21-28(30)11-1)43-35-15-5-8-18-38(35)47-46(48-43)29-23-25-32(26-24-29)49-39-19-9-6-16-36(39)42-44(49)34-14-4-3-13-33(34)41-37-17-7-10-20-40(37)50-45(41)42/h1-27H. The molecule has 0 unspecified atom stereocenters. The third kappa shape index (κ3) is 3.97. The first-order valence-corrected chi connectivity index (χ1v) is 17.7. The Labute approximate surface area is 291 Å². The largest absolute Gasteiger partial charge is 0.309 e. The minimum atomic E-state index is 0.720. The molecule has 0 aliphatic carbocycles. The fourth-order valence-corrected chi connectivity index (χ4v) is 9.19. The number of rotatable bonds is 3. The van der Waals surface area contributed by atoms with Crippen molar-refractivity contribution >= 4 is 85.8 Å². The van der Waals surface area contributed by atoms with Crippen LogP contribution in [0.5, 0.6) is 0 Å². The molecule has 3 heterocycles. The molecule has 0 saturated heterocycles. The highest BCUT2D eigenvalue weighted by Gasteiger charge is 2.21. The number of nitrogens with zero attached hydrogens (tertiary/aromatic N) is 3. The van der Waals surface area contributed by atoms with Gasteiger partial charge in [0.1, 0.15) is 0 Å². The molecule has 0 aliphatic heterocycles. The summed E-state index contributed by atoms with van der Waals surface area (Å²) in [6.07, 6.45) is 0. The molecule has 0 atom stereocenters. The smallest absolute Gasteiger partial charge is 0.160 e. The van der Waals surface area contributed by atoms with E-state index in [-0.39, 0.29) is 0 Å². The molecule has 232 valence electrons. The van der Waals surface area contributed by atoms with Crippen LogP contribution < -0.4 is 0 Å². The minimum absolute atomic E-state index is 0.720. The quantitative estimate of drug-likeness (QED) is 0.190. The van der Waals surface area contributed by atoms with Gasteiger partial charge in [0.2, 0.25) is 0 Å². The number of fused-ring (bicyclic) bond motifs is 12. The van der Waals surface area contributed by atoms with Crippen LogP contribution in [0.15, 0.2) is 164 Å². The summed E-state index contributed by atoms with van der Waals surface area (Å²) in [5.74, 6) is 0.720. The zero-order valence-corrected chi connectivity index (χ0v) is 27.7. The Morgan fingerprint density at radius 3 is 1.98 bits per heavy atom. The van der Waals surface area contributed by atoms with Crippen molar-refractivity contribution in [2.45, 2.75) is 0 Å². The fraction of sp³-hybridized carbons (Fsp3) is 0. The third-order valence-electron chi connectivity index (χ3n) is 10.2. The zero-order chi connectivity index (χ0) is 32.8. The van der Waals surface area contributed by atoms with Gasteiger partial charge in [-0.3, -0.25) is 0 Å². The molecule has 0 aliphatic rings. The molecule has 0 fully saturated rings. The lowest BCUT2D eigenvalue weighted by Gasteiger charge is -2.13. The van der Waals surface area contributed by atoms with Crippen LogP contribution in [0.3, 0.4) is 0 Å². The van der Waals surface area contributed by atoms with Gasteiger partial charge in [-0.05, 0) is 64.7 Å². The van der Waals surface area contributed by atoms with Crippen LogP contribution in [0.25, 0.3) is 103 Å². The average Bonchev–Trinajstić information content (AvgIpc) is 3.74. The second-order valence-corrected chi connectivity index (χ2v) is 14.0. The van der Waals surface area contributed by atoms with Crippen LogP contribution in [0.2, 0.25) is 0 Å². The maximum atomic E-state index is 5.22. The Kier molecular flexibility index (Phi) is 5.83. The van der Waals surface area contributed by atoms with E-state index in [4.69, 9.17) is 9.97 Å². The van der Waals surface area contributed by atoms with E-state index >= 15 is 0 Å². The van der Waals surface area contributed by atoms with E-state index in [9.17, 15) is 0 Å². The fourth-order valence-electron chi connectivity index (χ4n) is 7.91. The number of thiophene rings is 1. The first-order valence-electron chi connectivity index (χ1n) is 16.9. The van der Waals surface area contributed by atoms with Crippen molar-refractivity contribution in [3.63, 3.8) is 0 Å². The van der Waals surface area contributed by atoms with Crippen LogP contribution in [0, 0.1) is 0 Å². The summed E-state index contributed by atoms with van der Waals surface area (Å²) >= 11 is 1.90. The number of hydrogen-bond acceptors (Lipinski definition) is 3. The van der Waals surface area contributed by atoms with E-state index < -0.39 is 0 Å². The van der Waals surface area contributed by atoms with E-state index in [0.29, 0.717) is 0 Å². The van der Waals surface area contributed by atoms with Crippen molar-refractivity contribution in [1.29, 1.82) is 0 Å². The van der Waals surface area contributed by atoms with Gasteiger partial charge < -0.3 is 4.57 Å². The van der Waals surface area contributed by atoms with E-state index in [1.807, 2.05) is 17.4 Å². The van der Waals surface area contributed by atoms with Gasteiger partial charge in [-0.2, -0.15) is 0 Å². The summed E-state index contributed by atoms with van der Waals surface area (Å²) in [4.78, 5) is 10.3. The maximum absolute atomic E-state index is 5.22. The van der Waals surface area contributed by atoms with Crippen LogP contribution in [0.1, 0.15) is 0 Å². The van der Waals surface area contributed by atoms with Gasteiger partial charge in [0.05, 0.1) is 22.2 Å². The molecule has 0 radical (unpaired) electrons. The van der Waals surface area contributed by atoms with Crippen molar-refractivity contribution in [3.05, 3.63) is 164 Å². The number of benzene rings is 8. The minimum Gasteiger partial charge on any atom is -0.309 e. The highest BCUT2D eigenvalue weighted by molar-refractivity contribution is 7.27. The number of hydrogen-bond donors (Lipinski definition) is 0. The second-order valence-electron chi connectivity index (χ2n) is 12.9. The first kappa shape index (κ1) is 27.6. The molecule has 0 bridgehead atoms. The molecule has 3 nitrogen and oxygen atoms in total. The van der Waals surface area contributed by atoms with Crippen LogP contribution in [-0.4, -0.2) is 14.5 Å². The van der Waals surface area contributed by atoms with Crippen molar-refractivity contribution in [2.24, 2.45) is 0 Å².